The topological polar surface area (TPSA) is 38.1 Å². The van der Waals surface area contributed by atoms with Gasteiger partial charge in [0.05, 0.1) is 12.7 Å². The Labute approximate surface area is 171 Å². The Morgan fingerprint density at radius 3 is 2.55 bits per heavy atom. The van der Waals surface area contributed by atoms with Crippen LogP contribution in [0, 0.1) is 13.8 Å². The summed E-state index contributed by atoms with van der Waals surface area (Å²) in [6.45, 7) is 8.56. The van der Waals surface area contributed by atoms with Crippen molar-refractivity contribution in [3.05, 3.63) is 71.4 Å². The molecule has 4 aromatic rings. The molecular formula is C23H24BN4O+. The monoisotopic (exact) mass is 383 g/mol. The van der Waals surface area contributed by atoms with E-state index in [1.807, 2.05) is 19.1 Å². The number of furan rings is 1. The van der Waals surface area contributed by atoms with E-state index in [2.05, 4.69) is 89.3 Å². The minimum Gasteiger partial charge on any atom is -0.448 e. The van der Waals surface area contributed by atoms with Gasteiger partial charge in [-0.05, 0) is 51.0 Å². The fourth-order valence-electron chi connectivity index (χ4n) is 4.34. The fourth-order valence-corrected chi connectivity index (χ4v) is 4.34. The molecule has 5 nitrogen and oxygen atoms in total. The Morgan fingerprint density at radius 1 is 1.03 bits per heavy atom. The molecule has 0 saturated heterocycles. The van der Waals surface area contributed by atoms with E-state index in [1.165, 1.54) is 11.5 Å². The molecule has 0 saturated carbocycles. The Bertz CT molecular complexity index is 1270. The molecule has 0 spiro atoms. The van der Waals surface area contributed by atoms with Crippen molar-refractivity contribution < 1.29 is 8.98 Å². The first-order valence-corrected chi connectivity index (χ1v) is 9.96. The molecule has 0 bridgehead atoms. The number of hydrogen-bond donors (Lipinski definition) is 0. The number of fused-ring (bicyclic) bond motifs is 3. The van der Waals surface area contributed by atoms with Gasteiger partial charge in [-0.15, -0.1) is 0 Å². The molecule has 0 amide bonds. The van der Waals surface area contributed by atoms with Crippen LogP contribution in [0.15, 0.2) is 58.8 Å². The minimum atomic E-state index is 0.0710. The molecule has 4 heterocycles. The summed E-state index contributed by atoms with van der Waals surface area (Å²) in [5, 5.41) is 1.08. The lowest BCUT2D eigenvalue weighted by molar-refractivity contribution is -0.664. The first kappa shape index (κ1) is 17.8. The van der Waals surface area contributed by atoms with Crippen LogP contribution in [0.3, 0.4) is 0 Å². The number of hydrogen-bond acceptors (Lipinski definition) is 3. The van der Waals surface area contributed by atoms with Crippen molar-refractivity contribution in [3.8, 4) is 5.69 Å². The minimum absolute atomic E-state index is 0.0710. The predicted molar refractivity (Wildman–Crippen MR) is 118 cm³/mol. The number of aromatic nitrogens is 3. The van der Waals surface area contributed by atoms with Crippen LogP contribution in [0.5, 0.6) is 0 Å². The van der Waals surface area contributed by atoms with Crippen LogP contribution in [-0.4, -0.2) is 16.4 Å². The van der Waals surface area contributed by atoms with Crippen LogP contribution in [0.25, 0.3) is 22.9 Å². The molecule has 29 heavy (non-hydrogen) atoms. The smallest absolute Gasteiger partial charge is 0.409 e. The summed E-state index contributed by atoms with van der Waals surface area (Å²) >= 11 is 0. The van der Waals surface area contributed by atoms with Gasteiger partial charge in [-0.1, -0.05) is 18.2 Å². The number of pyridine rings is 1. The first-order valence-electron chi connectivity index (χ1n) is 9.96. The van der Waals surface area contributed by atoms with Crippen molar-refractivity contribution in [2.75, 3.05) is 4.81 Å². The maximum Gasteiger partial charge on any atom is 0.409 e. The highest BCUT2D eigenvalue weighted by Crippen LogP contribution is 2.30. The lowest BCUT2D eigenvalue weighted by Crippen LogP contribution is -2.52. The SMILES string of the molecule is CB1c2oc3nc(C)ccc3c2C=C(C)N1c1cn(-c2ccccc2)c(C)[n+]1C. The summed E-state index contributed by atoms with van der Waals surface area (Å²) in [5.74, 6) is 2.29. The van der Waals surface area contributed by atoms with Gasteiger partial charge < -0.3 is 9.23 Å². The number of benzene rings is 1. The van der Waals surface area contributed by atoms with Crippen molar-refractivity contribution >= 4 is 35.5 Å². The summed E-state index contributed by atoms with van der Waals surface area (Å²) in [7, 11) is 2.11. The Morgan fingerprint density at radius 2 is 1.79 bits per heavy atom. The molecule has 1 aliphatic heterocycles. The van der Waals surface area contributed by atoms with Crippen LogP contribution >= 0.6 is 0 Å². The number of rotatable bonds is 2. The summed E-state index contributed by atoms with van der Waals surface area (Å²) in [4.78, 5) is 6.93. The second kappa shape index (κ2) is 6.37. The van der Waals surface area contributed by atoms with E-state index in [0.29, 0.717) is 0 Å². The summed E-state index contributed by atoms with van der Waals surface area (Å²) in [5.41, 5.74) is 6.15. The van der Waals surface area contributed by atoms with E-state index in [4.69, 9.17) is 4.42 Å². The zero-order valence-corrected chi connectivity index (χ0v) is 17.5. The van der Waals surface area contributed by atoms with E-state index >= 15 is 0 Å². The number of allylic oxidation sites excluding steroid dienone is 1. The highest BCUT2D eigenvalue weighted by Gasteiger charge is 2.40. The van der Waals surface area contributed by atoms with E-state index in [-0.39, 0.29) is 6.85 Å². The summed E-state index contributed by atoms with van der Waals surface area (Å²) < 4.78 is 10.7. The van der Waals surface area contributed by atoms with Gasteiger partial charge in [0.1, 0.15) is 17.5 Å². The Balaban J connectivity index is 1.65. The van der Waals surface area contributed by atoms with Crippen molar-refractivity contribution in [1.29, 1.82) is 0 Å². The molecule has 1 aromatic carbocycles. The van der Waals surface area contributed by atoms with Gasteiger partial charge in [-0.2, -0.15) is 0 Å². The highest BCUT2D eigenvalue weighted by molar-refractivity contribution is 6.76. The molecule has 0 radical (unpaired) electrons. The highest BCUT2D eigenvalue weighted by atomic mass is 16.3. The Kier molecular flexibility index (Phi) is 3.91. The van der Waals surface area contributed by atoms with E-state index in [1.54, 1.807) is 0 Å². The van der Waals surface area contributed by atoms with Gasteiger partial charge in [0.25, 0.3) is 0 Å². The molecule has 0 atom stereocenters. The number of nitrogens with zero attached hydrogens (tertiary/aromatic N) is 4. The van der Waals surface area contributed by atoms with Gasteiger partial charge in [0.15, 0.2) is 0 Å². The zero-order valence-electron chi connectivity index (χ0n) is 17.5. The third-order valence-electron chi connectivity index (χ3n) is 5.97. The van der Waals surface area contributed by atoms with Gasteiger partial charge in [-0.25, -0.2) is 14.1 Å². The third kappa shape index (κ3) is 2.63. The molecule has 0 N–H and O–H groups in total. The lowest BCUT2D eigenvalue weighted by atomic mass is 9.57. The van der Waals surface area contributed by atoms with Gasteiger partial charge >= 0.3 is 6.85 Å². The molecule has 0 fully saturated rings. The lowest BCUT2D eigenvalue weighted by Gasteiger charge is -2.26. The van der Waals surface area contributed by atoms with Crippen LogP contribution in [-0.2, 0) is 7.05 Å². The molecular weight excluding hydrogens is 359 g/mol. The maximum atomic E-state index is 6.23. The van der Waals surface area contributed by atoms with E-state index < -0.39 is 0 Å². The van der Waals surface area contributed by atoms with Crippen LogP contribution in [0.2, 0.25) is 6.82 Å². The number of aryl methyl sites for hydroxylation is 1. The standard InChI is InChI=1S/C23H24BN4O/c1-15-11-12-19-20-13-16(2)28(24(4)22(20)29-23(19)25-15)21-14-27(17(3)26(21)5)18-9-7-6-8-10-18/h6-14H,1-5H3/q+1. The number of para-hydroxylation sites is 1. The number of anilines is 1. The normalized spacial score (nSPS) is 13.8. The van der Waals surface area contributed by atoms with Crippen molar-refractivity contribution in [3.63, 3.8) is 0 Å². The second-order valence-corrected chi connectivity index (χ2v) is 7.82. The second-order valence-electron chi connectivity index (χ2n) is 7.82. The van der Waals surface area contributed by atoms with Crippen molar-refractivity contribution in [1.82, 2.24) is 9.55 Å². The van der Waals surface area contributed by atoms with E-state index in [9.17, 15) is 0 Å². The molecule has 0 aliphatic carbocycles. The maximum absolute atomic E-state index is 6.23. The summed E-state index contributed by atoms with van der Waals surface area (Å²) in [6, 6.07) is 14.6. The Hall–Kier alpha value is -3.28. The average molecular weight is 383 g/mol. The van der Waals surface area contributed by atoms with Gasteiger partial charge in [0.2, 0.25) is 17.4 Å². The van der Waals surface area contributed by atoms with Crippen molar-refractivity contribution in [2.24, 2.45) is 7.05 Å². The molecule has 0 unspecified atom stereocenters. The average Bonchev–Trinajstić information content (AvgIpc) is 3.21. The van der Waals surface area contributed by atoms with Crippen LogP contribution in [0.1, 0.15) is 24.0 Å². The van der Waals surface area contributed by atoms with Crippen molar-refractivity contribution in [2.45, 2.75) is 27.6 Å². The predicted octanol–water partition coefficient (Wildman–Crippen LogP) is 3.77. The number of imidazole rings is 1. The van der Waals surface area contributed by atoms with Gasteiger partial charge in [-0.3, -0.25) is 0 Å². The summed E-state index contributed by atoms with van der Waals surface area (Å²) in [6.07, 6.45) is 4.42. The van der Waals surface area contributed by atoms with E-state index in [0.717, 1.165) is 39.5 Å². The van der Waals surface area contributed by atoms with Gasteiger partial charge in [0, 0.05) is 23.6 Å². The largest absolute Gasteiger partial charge is 0.448 e. The van der Waals surface area contributed by atoms with Crippen LogP contribution in [0.4, 0.5) is 5.82 Å². The zero-order chi connectivity index (χ0) is 20.3. The molecule has 5 rings (SSSR count). The quantitative estimate of drug-likeness (QED) is 0.391. The molecule has 6 heteroatoms. The third-order valence-corrected chi connectivity index (χ3v) is 5.97. The molecule has 144 valence electrons. The molecule has 1 aliphatic rings. The van der Waals surface area contributed by atoms with Crippen LogP contribution < -0.4 is 15.0 Å². The first-order chi connectivity index (χ1) is 14.0. The molecule has 3 aromatic heterocycles. The fraction of sp³-hybridized carbons (Fsp3) is 0.217.